The summed E-state index contributed by atoms with van der Waals surface area (Å²) in [6.07, 6.45) is 0. The summed E-state index contributed by atoms with van der Waals surface area (Å²) in [4.78, 5) is 0. The van der Waals surface area contributed by atoms with E-state index in [1.807, 2.05) is 72.8 Å². The largest absolute Gasteiger partial charge is 0.491 e. The molecule has 0 amide bonds. The lowest BCUT2D eigenvalue weighted by Crippen LogP contribution is -2.12. The monoisotopic (exact) mass is 426 g/mol. The molecule has 0 radical (unpaired) electrons. The van der Waals surface area contributed by atoms with Crippen LogP contribution in [0.2, 0.25) is 10.0 Å². The van der Waals surface area contributed by atoms with E-state index in [1.165, 1.54) is 0 Å². The Kier molecular flexibility index (Phi) is 6.40. The van der Waals surface area contributed by atoms with Crippen LogP contribution in [0.1, 0.15) is 0 Å². The molecule has 0 saturated heterocycles. The van der Waals surface area contributed by atoms with E-state index in [0.29, 0.717) is 26.4 Å². The van der Waals surface area contributed by atoms with Crippen molar-refractivity contribution in [3.05, 3.63) is 82.8 Å². The lowest BCUT2D eigenvalue weighted by molar-refractivity contribution is 0.0771. The fraction of sp³-hybridized carbons (Fsp3) is 0.167. The van der Waals surface area contributed by atoms with Gasteiger partial charge in [-0.3, -0.25) is 0 Å². The number of hydrogen-bond donors (Lipinski definition) is 0. The first-order chi connectivity index (χ1) is 14.2. The van der Waals surface area contributed by atoms with Gasteiger partial charge in [-0.2, -0.15) is 0 Å². The van der Waals surface area contributed by atoms with Gasteiger partial charge in [-0.1, -0.05) is 71.7 Å². The van der Waals surface area contributed by atoms with Gasteiger partial charge >= 0.3 is 0 Å². The van der Waals surface area contributed by atoms with E-state index < -0.39 is 0 Å². The van der Waals surface area contributed by atoms with Gasteiger partial charge in [-0.25, -0.2) is 0 Å². The number of ether oxygens (including phenoxy) is 3. The molecule has 3 nitrogen and oxygen atoms in total. The van der Waals surface area contributed by atoms with E-state index in [-0.39, 0.29) is 0 Å². The van der Waals surface area contributed by atoms with Crippen LogP contribution in [-0.2, 0) is 4.74 Å². The van der Waals surface area contributed by atoms with Crippen LogP contribution < -0.4 is 9.47 Å². The van der Waals surface area contributed by atoms with Crippen LogP contribution in [0.15, 0.2) is 72.8 Å². The minimum atomic E-state index is 0.454. The summed E-state index contributed by atoms with van der Waals surface area (Å²) in [5.41, 5.74) is 0. The van der Waals surface area contributed by atoms with Crippen LogP contribution in [0.25, 0.3) is 21.5 Å². The van der Waals surface area contributed by atoms with Crippen LogP contribution in [-0.4, -0.2) is 26.4 Å². The summed E-state index contributed by atoms with van der Waals surface area (Å²) in [6, 6.07) is 23.3. The highest BCUT2D eigenvalue weighted by molar-refractivity contribution is 6.36. The SMILES string of the molecule is Clc1ccc(OCCOCCOc2ccc(Cl)c3ccccc23)c2ccccc12. The molecule has 0 heterocycles. The molecule has 0 aliphatic rings. The van der Waals surface area contributed by atoms with Gasteiger partial charge in [0.15, 0.2) is 0 Å². The normalized spacial score (nSPS) is 11.1. The molecule has 0 saturated carbocycles. The van der Waals surface area contributed by atoms with E-state index in [9.17, 15) is 0 Å². The molecule has 0 unspecified atom stereocenters. The maximum absolute atomic E-state index is 6.24. The second-order valence-electron chi connectivity index (χ2n) is 6.49. The summed E-state index contributed by atoms with van der Waals surface area (Å²) in [5.74, 6) is 1.61. The average Bonchev–Trinajstić information content (AvgIpc) is 2.76. The van der Waals surface area contributed by atoms with Crippen molar-refractivity contribution < 1.29 is 14.2 Å². The van der Waals surface area contributed by atoms with Crippen LogP contribution in [0.3, 0.4) is 0 Å². The lowest BCUT2D eigenvalue weighted by atomic mass is 10.1. The van der Waals surface area contributed by atoms with E-state index in [4.69, 9.17) is 37.4 Å². The molecule has 0 N–H and O–H groups in total. The Labute approximate surface area is 179 Å². The van der Waals surface area contributed by atoms with Crippen LogP contribution >= 0.6 is 23.2 Å². The predicted molar refractivity (Wildman–Crippen MR) is 120 cm³/mol. The standard InChI is InChI=1S/C24H20Cl2O3/c25-21-9-11-23(19-7-3-1-5-17(19)21)28-15-13-27-14-16-29-24-12-10-22(26)18-6-2-4-8-20(18)24/h1-12H,13-16H2. The van der Waals surface area contributed by atoms with Crippen molar-refractivity contribution in [2.75, 3.05) is 26.4 Å². The summed E-state index contributed by atoms with van der Waals surface area (Å²) < 4.78 is 17.4. The highest BCUT2D eigenvalue weighted by Gasteiger charge is 2.06. The number of rotatable bonds is 8. The number of benzene rings is 4. The van der Waals surface area contributed by atoms with Gasteiger partial charge in [0.05, 0.1) is 13.2 Å². The highest BCUT2D eigenvalue weighted by atomic mass is 35.5. The van der Waals surface area contributed by atoms with Crippen molar-refractivity contribution in [3.8, 4) is 11.5 Å². The third-order valence-corrected chi connectivity index (χ3v) is 5.29. The minimum absolute atomic E-state index is 0.454. The fourth-order valence-corrected chi connectivity index (χ4v) is 3.70. The van der Waals surface area contributed by atoms with Crippen LogP contribution in [0.5, 0.6) is 11.5 Å². The Morgan fingerprint density at radius 2 is 0.897 bits per heavy atom. The summed E-state index contributed by atoms with van der Waals surface area (Å²) in [6.45, 7) is 1.86. The molecule has 0 aliphatic carbocycles. The van der Waals surface area contributed by atoms with Gasteiger partial charge in [-0.05, 0) is 24.3 Å². The third-order valence-electron chi connectivity index (χ3n) is 4.63. The Bertz CT molecular complexity index is 1040. The number of hydrogen-bond acceptors (Lipinski definition) is 3. The van der Waals surface area contributed by atoms with Crippen LogP contribution in [0, 0.1) is 0 Å². The summed E-state index contributed by atoms with van der Waals surface area (Å²) in [5, 5.41) is 5.40. The molecule has 0 bridgehead atoms. The van der Waals surface area contributed by atoms with Crippen molar-refractivity contribution in [2.45, 2.75) is 0 Å². The second kappa shape index (κ2) is 9.36. The smallest absolute Gasteiger partial charge is 0.127 e. The predicted octanol–water partition coefficient (Wildman–Crippen LogP) is 6.77. The minimum Gasteiger partial charge on any atom is -0.491 e. The zero-order valence-electron chi connectivity index (χ0n) is 15.7. The van der Waals surface area contributed by atoms with E-state index >= 15 is 0 Å². The van der Waals surface area contributed by atoms with Gasteiger partial charge in [0, 0.05) is 31.6 Å². The lowest BCUT2D eigenvalue weighted by Gasteiger charge is -2.12. The van der Waals surface area contributed by atoms with Gasteiger partial charge < -0.3 is 14.2 Å². The Morgan fingerprint density at radius 1 is 0.483 bits per heavy atom. The fourth-order valence-electron chi connectivity index (χ4n) is 3.24. The van der Waals surface area contributed by atoms with Gasteiger partial charge in [0.25, 0.3) is 0 Å². The molecule has 148 valence electrons. The zero-order chi connectivity index (χ0) is 20.1. The van der Waals surface area contributed by atoms with Crippen molar-refractivity contribution in [1.82, 2.24) is 0 Å². The van der Waals surface area contributed by atoms with Gasteiger partial charge in [0.2, 0.25) is 0 Å². The first kappa shape index (κ1) is 19.8. The van der Waals surface area contributed by atoms with Crippen molar-refractivity contribution >= 4 is 44.7 Å². The molecule has 0 fully saturated rings. The first-order valence-corrected chi connectivity index (χ1v) is 10.2. The Morgan fingerprint density at radius 3 is 1.34 bits per heavy atom. The Hall–Kier alpha value is -2.46. The number of fused-ring (bicyclic) bond motifs is 2. The molecular formula is C24H20Cl2O3. The van der Waals surface area contributed by atoms with Crippen molar-refractivity contribution in [3.63, 3.8) is 0 Å². The molecule has 5 heteroatoms. The topological polar surface area (TPSA) is 27.7 Å². The molecular weight excluding hydrogens is 407 g/mol. The van der Waals surface area contributed by atoms with Crippen LogP contribution in [0.4, 0.5) is 0 Å². The van der Waals surface area contributed by atoms with Crippen molar-refractivity contribution in [2.24, 2.45) is 0 Å². The zero-order valence-corrected chi connectivity index (χ0v) is 17.2. The molecule has 0 aliphatic heterocycles. The van der Waals surface area contributed by atoms with Gasteiger partial charge in [-0.15, -0.1) is 0 Å². The molecule has 0 spiro atoms. The molecule has 4 rings (SSSR count). The van der Waals surface area contributed by atoms with E-state index in [0.717, 1.165) is 43.1 Å². The van der Waals surface area contributed by atoms with E-state index in [1.54, 1.807) is 0 Å². The number of halogens is 2. The summed E-state index contributed by atoms with van der Waals surface area (Å²) >= 11 is 12.5. The first-order valence-electron chi connectivity index (χ1n) is 9.42. The summed E-state index contributed by atoms with van der Waals surface area (Å²) in [7, 11) is 0. The molecule has 4 aromatic rings. The Balaban J connectivity index is 1.25. The highest BCUT2D eigenvalue weighted by Crippen LogP contribution is 2.32. The maximum Gasteiger partial charge on any atom is 0.127 e. The second-order valence-corrected chi connectivity index (χ2v) is 7.31. The van der Waals surface area contributed by atoms with E-state index in [2.05, 4.69) is 0 Å². The molecule has 4 aromatic carbocycles. The molecule has 0 aromatic heterocycles. The quantitative estimate of drug-likeness (QED) is 0.290. The third kappa shape index (κ3) is 4.59. The average molecular weight is 427 g/mol. The van der Waals surface area contributed by atoms with Crippen molar-refractivity contribution in [1.29, 1.82) is 0 Å². The molecule has 0 atom stereocenters. The molecule has 29 heavy (non-hydrogen) atoms. The maximum atomic E-state index is 6.24. The van der Waals surface area contributed by atoms with Gasteiger partial charge in [0.1, 0.15) is 24.7 Å².